The number of rotatable bonds is 4. The summed E-state index contributed by atoms with van der Waals surface area (Å²) in [5.74, 6) is 2.03. The van der Waals surface area contributed by atoms with Crippen molar-refractivity contribution in [2.75, 3.05) is 32.6 Å². The zero-order valence-corrected chi connectivity index (χ0v) is 16.6. The normalized spacial score (nSPS) is 19.1. The van der Waals surface area contributed by atoms with E-state index in [-0.39, 0.29) is 29.5 Å². The zero-order chi connectivity index (χ0) is 14.4. The van der Waals surface area contributed by atoms with Gasteiger partial charge in [0.05, 0.1) is 0 Å². The van der Waals surface area contributed by atoms with E-state index < -0.39 is 0 Å². The minimum Gasteiger partial charge on any atom is -0.381 e. The Bertz CT molecular complexity index is 294. The van der Waals surface area contributed by atoms with Gasteiger partial charge in [-0.25, -0.2) is 0 Å². The molecule has 1 aliphatic heterocycles. The summed E-state index contributed by atoms with van der Waals surface area (Å²) in [5.41, 5.74) is 0.0303. The molecule has 1 rings (SSSR count). The predicted octanol–water partition coefficient (Wildman–Crippen LogP) is 2.87. The molecular formula is C14H30IN3OS. The summed E-state index contributed by atoms with van der Waals surface area (Å²) in [6, 6.07) is 0. The van der Waals surface area contributed by atoms with E-state index in [1.807, 2.05) is 18.8 Å². The van der Waals surface area contributed by atoms with Gasteiger partial charge in [0.2, 0.25) is 0 Å². The Morgan fingerprint density at radius 2 is 1.90 bits per heavy atom. The van der Waals surface area contributed by atoms with Gasteiger partial charge < -0.3 is 15.4 Å². The number of aliphatic imine (C=N–C) groups is 1. The number of thioether (sulfide) groups is 1. The van der Waals surface area contributed by atoms with Crippen molar-refractivity contribution < 1.29 is 4.74 Å². The van der Waals surface area contributed by atoms with Gasteiger partial charge in [-0.3, -0.25) is 4.99 Å². The number of nitrogens with zero attached hydrogens (tertiary/aromatic N) is 1. The Balaban J connectivity index is 0.00000361. The van der Waals surface area contributed by atoms with Crippen molar-refractivity contribution in [3.8, 4) is 0 Å². The molecule has 1 heterocycles. The Hall–Kier alpha value is 0.310. The summed E-state index contributed by atoms with van der Waals surface area (Å²) in [5, 5.41) is 6.89. The molecule has 0 bridgehead atoms. The fraction of sp³-hybridized carbons (Fsp3) is 0.929. The summed E-state index contributed by atoms with van der Waals surface area (Å²) in [4.78, 5) is 4.30. The average molecular weight is 415 g/mol. The molecular weight excluding hydrogens is 385 g/mol. The first-order valence-electron chi connectivity index (χ1n) is 7.11. The second kappa shape index (κ2) is 9.35. The highest BCUT2D eigenvalue weighted by atomic mass is 127. The number of hydrogen-bond acceptors (Lipinski definition) is 3. The van der Waals surface area contributed by atoms with Crippen molar-refractivity contribution >= 4 is 41.7 Å². The van der Waals surface area contributed by atoms with Gasteiger partial charge in [0, 0.05) is 37.1 Å². The van der Waals surface area contributed by atoms with Crippen LogP contribution < -0.4 is 10.6 Å². The average Bonchev–Trinajstić information content (AvgIpc) is 2.35. The first-order valence-corrected chi connectivity index (χ1v) is 8.10. The molecule has 20 heavy (non-hydrogen) atoms. The van der Waals surface area contributed by atoms with Crippen LogP contribution in [0.5, 0.6) is 0 Å². The molecule has 0 amide bonds. The van der Waals surface area contributed by atoms with Crippen LogP contribution in [0.2, 0.25) is 0 Å². The molecule has 0 aromatic heterocycles. The first kappa shape index (κ1) is 20.3. The summed E-state index contributed by atoms with van der Waals surface area (Å²) in [7, 11) is 1.82. The van der Waals surface area contributed by atoms with Crippen LogP contribution in [0.3, 0.4) is 0 Å². The van der Waals surface area contributed by atoms with E-state index in [0.717, 1.165) is 44.3 Å². The standard InChI is InChI=1S/C14H29N3OS.HI/c1-6-19-14(7-9-18-10-8-14)11-16-12(15-5)17-13(2,3)4;/h6-11H2,1-5H3,(H2,15,16,17);1H. The van der Waals surface area contributed by atoms with E-state index in [4.69, 9.17) is 4.74 Å². The van der Waals surface area contributed by atoms with Crippen LogP contribution in [-0.2, 0) is 4.74 Å². The molecule has 120 valence electrons. The maximum atomic E-state index is 5.50. The van der Waals surface area contributed by atoms with Crippen LogP contribution in [0, 0.1) is 0 Å². The SMILES string of the molecule is CCSC1(CNC(=NC)NC(C)(C)C)CCOCC1.I. The maximum Gasteiger partial charge on any atom is 0.191 e. The minimum absolute atomic E-state index is 0. The Morgan fingerprint density at radius 1 is 1.30 bits per heavy atom. The molecule has 2 N–H and O–H groups in total. The number of halogens is 1. The van der Waals surface area contributed by atoms with Gasteiger partial charge in [-0.2, -0.15) is 11.8 Å². The maximum absolute atomic E-state index is 5.50. The molecule has 1 fully saturated rings. The number of hydrogen-bond donors (Lipinski definition) is 2. The van der Waals surface area contributed by atoms with E-state index in [1.165, 1.54) is 0 Å². The number of ether oxygens (including phenoxy) is 1. The number of guanidine groups is 1. The Morgan fingerprint density at radius 3 is 2.35 bits per heavy atom. The summed E-state index contributed by atoms with van der Waals surface area (Å²) in [6.45, 7) is 11.4. The van der Waals surface area contributed by atoms with Crippen molar-refractivity contribution in [1.29, 1.82) is 0 Å². The lowest BCUT2D eigenvalue weighted by Crippen LogP contribution is -2.52. The van der Waals surface area contributed by atoms with Crippen LogP contribution >= 0.6 is 35.7 Å². The molecule has 1 saturated heterocycles. The van der Waals surface area contributed by atoms with Crippen molar-refractivity contribution in [2.24, 2.45) is 4.99 Å². The van der Waals surface area contributed by atoms with E-state index in [0.29, 0.717) is 4.75 Å². The topological polar surface area (TPSA) is 45.7 Å². The van der Waals surface area contributed by atoms with Crippen LogP contribution in [0.25, 0.3) is 0 Å². The first-order chi connectivity index (χ1) is 8.91. The lowest BCUT2D eigenvalue weighted by Gasteiger charge is -2.37. The fourth-order valence-corrected chi connectivity index (χ4v) is 3.44. The van der Waals surface area contributed by atoms with Gasteiger partial charge in [0.25, 0.3) is 0 Å². The van der Waals surface area contributed by atoms with Crippen molar-refractivity contribution in [3.63, 3.8) is 0 Å². The van der Waals surface area contributed by atoms with Gasteiger partial charge >= 0.3 is 0 Å². The third-order valence-corrected chi connectivity index (χ3v) is 4.60. The highest BCUT2D eigenvalue weighted by Crippen LogP contribution is 2.34. The Kier molecular flexibility index (Phi) is 9.50. The number of nitrogens with one attached hydrogen (secondary N) is 2. The lowest BCUT2D eigenvalue weighted by atomic mass is 9.99. The summed E-state index contributed by atoms with van der Waals surface area (Å²) >= 11 is 2.04. The summed E-state index contributed by atoms with van der Waals surface area (Å²) in [6.07, 6.45) is 2.23. The predicted molar refractivity (Wildman–Crippen MR) is 101 cm³/mol. The molecule has 0 aromatic carbocycles. The van der Waals surface area contributed by atoms with E-state index in [1.54, 1.807) is 0 Å². The van der Waals surface area contributed by atoms with Crippen molar-refractivity contribution in [2.45, 2.75) is 50.8 Å². The third kappa shape index (κ3) is 7.36. The smallest absolute Gasteiger partial charge is 0.191 e. The monoisotopic (exact) mass is 415 g/mol. The second-order valence-corrected chi connectivity index (χ2v) is 7.76. The van der Waals surface area contributed by atoms with Gasteiger partial charge in [-0.05, 0) is 39.4 Å². The Labute approximate surface area is 145 Å². The van der Waals surface area contributed by atoms with Crippen molar-refractivity contribution in [1.82, 2.24) is 10.6 Å². The molecule has 0 spiro atoms. The van der Waals surface area contributed by atoms with E-state index >= 15 is 0 Å². The third-order valence-electron chi connectivity index (χ3n) is 3.15. The molecule has 0 unspecified atom stereocenters. The van der Waals surface area contributed by atoms with Crippen LogP contribution in [-0.4, -0.2) is 48.8 Å². The van der Waals surface area contributed by atoms with Crippen LogP contribution in [0.1, 0.15) is 40.5 Å². The molecule has 4 nitrogen and oxygen atoms in total. The zero-order valence-electron chi connectivity index (χ0n) is 13.4. The molecule has 1 aliphatic rings. The molecule has 0 aliphatic carbocycles. The quantitative estimate of drug-likeness (QED) is 0.421. The molecule has 6 heteroatoms. The minimum atomic E-state index is 0. The molecule has 0 atom stereocenters. The summed E-state index contributed by atoms with van der Waals surface area (Å²) < 4.78 is 5.79. The van der Waals surface area contributed by atoms with E-state index in [9.17, 15) is 0 Å². The van der Waals surface area contributed by atoms with Crippen LogP contribution in [0.4, 0.5) is 0 Å². The molecule has 0 aromatic rings. The lowest BCUT2D eigenvalue weighted by molar-refractivity contribution is 0.0781. The van der Waals surface area contributed by atoms with Crippen LogP contribution in [0.15, 0.2) is 4.99 Å². The van der Waals surface area contributed by atoms with Crippen molar-refractivity contribution in [3.05, 3.63) is 0 Å². The largest absolute Gasteiger partial charge is 0.381 e. The molecule has 0 saturated carbocycles. The highest BCUT2D eigenvalue weighted by Gasteiger charge is 2.32. The van der Waals surface area contributed by atoms with Gasteiger partial charge in [0.1, 0.15) is 0 Å². The second-order valence-electron chi connectivity index (χ2n) is 6.03. The highest BCUT2D eigenvalue weighted by molar-refractivity contribution is 14.0. The van der Waals surface area contributed by atoms with Gasteiger partial charge in [0.15, 0.2) is 5.96 Å². The molecule has 0 radical (unpaired) electrons. The van der Waals surface area contributed by atoms with Gasteiger partial charge in [-0.1, -0.05) is 6.92 Å². The van der Waals surface area contributed by atoms with E-state index in [2.05, 4.69) is 43.3 Å². The van der Waals surface area contributed by atoms with Gasteiger partial charge in [-0.15, -0.1) is 24.0 Å². The fourth-order valence-electron chi connectivity index (χ4n) is 2.20.